The molecule has 0 radical (unpaired) electrons. The van der Waals surface area contributed by atoms with Crippen LogP contribution in [0.25, 0.3) is 0 Å². The number of para-hydroxylation sites is 1. The highest BCUT2D eigenvalue weighted by atomic mass is 32.2. The molecular weight excluding hydrogens is 230 g/mol. The Morgan fingerprint density at radius 2 is 1.94 bits per heavy atom. The highest BCUT2D eigenvalue weighted by Crippen LogP contribution is 2.28. The van der Waals surface area contributed by atoms with Gasteiger partial charge in [-0.25, -0.2) is 0 Å². The average Bonchev–Trinajstić information content (AvgIpc) is 2.40. The monoisotopic (exact) mass is 245 g/mol. The first-order valence-electron chi connectivity index (χ1n) is 5.56. The minimum atomic E-state index is 0.943. The first kappa shape index (κ1) is 12.0. The molecule has 88 valence electrons. The van der Waals surface area contributed by atoms with Gasteiger partial charge in [-0.2, -0.15) is 0 Å². The maximum atomic E-state index is 5.31. The summed E-state index contributed by atoms with van der Waals surface area (Å²) >= 11 is 1.80. The molecule has 1 aromatic carbocycles. The molecule has 1 aromatic heterocycles. The minimum Gasteiger partial charge on any atom is -0.496 e. The first-order chi connectivity index (χ1) is 8.40. The van der Waals surface area contributed by atoms with E-state index in [1.54, 1.807) is 18.9 Å². The zero-order chi connectivity index (χ0) is 11.9. The summed E-state index contributed by atoms with van der Waals surface area (Å²) in [6.45, 7) is 0. The molecule has 0 fully saturated rings. The fourth-order valence-corrected chi connectivity index (χ4v) is 2.55. The molecule has 0 aliphatic carbocycles. The predicted molar refractivity (Wildman–Crippen MR) is 71.7 cm³/mol. The third-order valence-corrected chi connectivity index (χ3v) is 3.47. The summed E-state index contributed by atoms with van der Waals surface area (Å²) in [5.41, 5.74) is 1.13. The maximum absolute atomic E-state index is 5.31. The lowest BCUT2D eigenvalue weighted by molar-refractivity contribution is 0.405. The van der Waals surface area contributed by atoms with Gasteiger partial charge in [0.25, 0.3) is 0 Å². The molecule has 0 spiro atoms. The number of nitrogens with zero attached hydrogens (tertiary/aromatic N) is 1. The summed E-state index contributed by atoms with van der Waals surface area (Å²) in [6, 6.07) is 14.1. The molecule has 0 bridgehead atoms. The Labute approximate surface area is 106 Å². The Balaban J connectivity index is 1.90. The van der Waals surface area contributed by atoms with Gasteiger partial charge in [-0.1, -0.05) is 18.2 Å². The van der Waals surface area contributed by atoms with E-state index in [0.29, 0.717) is 0 Å². The number of aromatic nitrogens is 1. The SMILES string of the molecule is COc1ccccc1SCCc1ccccn1. The van der Waals surface area contributed by atoms with Crippen molar-refractivity contribution in [3.8, 4) is 5.75 Å². The van der Waals surface area contributed by atoms with Gasteiger partial charge in [0.15, 0.2) is 0 Å². The molecule has 0 N–H and O–H groups in total. The normalized spacial score (nSPS) is 10.2. The Morgan fingerprint density at radius 1 is 1.12 bits per heavy atom. The van der Waals surface area contributed by atoms with E-state index >= 15 is 0 Å². The molecule has 0 aliphatic rings. The Morgan fingerprint density at radius 3 is 2.71 bits per heavy atom. The maximum Gasteiger partial charge on any atom is 0.132 e. The summed E-state index contributed by atoms with van der Waals surface area (Å²) < 4.78 is 5.31. The van der Waals surface area contributed by atoms with Gasteiger partial charge in [-0.15, -0.1) is 11.8 Å². The zero-order valence-electron chi connectivity index (χ0n) is 9.80. The van der Waals surface area contributed by atoms with Crippen LogP contribution in [0.4, 0.5) is 0 Å². The second kappa shape index (κ2) is 6.30. The van der Waals surface area contributed by atoms with Crippen LogP contribution in [-0.2, 0) is 6.42 Å². The minimum absolute atomic E-state index is 0.943. The van der Waals surface area contributed by atoms with Crippen LogP contribution in [0.2, 0.25) is 0 Å². The molecule has 2 aromatic rings. The second-order valence-corrected chi connectivity index (χ2v) is 4.71. The van der Waals surface area contributed by atoms with Crippen LogP contribution in [0, 0.1) is 0 Å². The van der Waals surface area contributed by atoms with Crippen molar-refractivity contribution in [2.24, 2.45) is 0 Å². The number of ether oxygens (including phenoxy) is 1. The number of hydrogen-bond donors (Lipinski definition) is 0. The standard InChI is InChI=1S/C14H15NOS/c1-16-13-7-2-3-8-14(13)17-11-9-12-6-4-5-10-15-12/h2-8,10H,9,11H2,1H3. The molecule has 3 heteroatoms. The molecule has 2 nitrogen and oxygen atoms in total. The Kier molecular flexibility index (Phi) is 4.45. The van der Waals surface area contributed by atoms with E-state index in [1.165, 1.54) is 4.90 Å². The van der Waals surface area contributed by atoms with Crippen LogP contribution < -0.4 is 4.74 Å². The third-order valence-electron chi connectivity index (χ3n) is 2.41. The van der Waals surface area contributed by atoms with Crippen molar-refractivity contribution in [2.75, 3.05) is 12.9 Å². The van der Waals surface area contributed by atoms with Crippen LogP contribution in [0.5, 0.6) is 5.75 Å². The smallest absolute Gasteiger partial charge is 0.132 e. The highest BCUT2D eigenvalue weighted by molar-refractivity contribution is 7.99. The number of rotatable bonds is 5. The average molecular weight is 245 g/mol. The Hall–Kier alpha value is -1.48. The van der Waals surface area contributed by atoms with Gasteiger partial charge in [0.05, 0.1) is 7.11 Å². The van der Waals surface area contributed by atoms with E-state index in [9.17, 15) is 0 Å². The van der Waals surface area contributed by atoms with Crippen LogP contribution >= 0.6 is 11.8 Å². The van der Waals surface area contributed by atoms with Crippen molar-refractivity contribution in [2.45, 2.75) is 11.3 Å². The summed E-state index contributed by atoms with van der Waals surface area (Å²) in [7, 11) is 1.71. The number of hydrogen-bond acceptors (Lipinski definition) is 3. The van der Waals surface area contributed by atoms with Crippen LogP contribution in [0.3, 0.4) is 0 Å². The zero-order valence-corrected chi connectivity index (χ0v) is 10.6. The second-order valence-electron chi connectivity index (χ2n) is 3.57. The van der Waals surface area contributed by atoms with E-state index in [0.717, 1.165) is 23.6 Å². The van der Waals surface area contributed by atoms with Gasteiger partial charge in [0, 0.05) is 22.5 Å². The molecule has 0 saturated heterocycles. The first-order valence-corrected chi connectivity index (χ1v) is 6.54. The molecule has 0 aliphatic heterocycles. The topological polar surface area (TPSA) is 22.1 Å². The predicted octanol–water partition coefficient (Wildman–Crippen LogP) is 3.43. The van der Waals surface area contributed by atoms with Crippen LogP contribution in [-0.4, -0.2) is 17.8 Å². The van der Waals surface area contributed by atoms with Crippen molar-refractivity contribution in [1.29, 1.82) is 0 Å². The molecule has 0 atom stereocenters. The number of methoxy groups -OCH3 is 1. The van der Waals surface area contributed by atoms with Gasteiger partial charge in [0.1, 0.15) is 5.75 Å². The van der Waals surface area contributed by atoms with E-state index in [2.05, 4.69) is 17.1 Å². The Bertz CT molecular complexity index is 459. The van der Waals surface area contributed by atoms with E-state index in [1.807, 2.05) is 36.5 Å². The highest BCUT2D eigenvalue weighted by Gasteiger charge is 2.02. The quantitative estimate of drug-likeness (QED) is 0.753. The number of aryl methyl sites for hydroxylation is 1. The van der Waals surface area contributed by atoms with Gasteiger partial charge >= 0.3 is 0 Å². The van der Waals surface area contributed by atoms with Crippen molar-refractivity contribution in [3.05, 3.63) is 54.4 Å². The van der Waals surface area contributed by atoms with E-state index in [4.69, 9.17) is 4.74 Å². The summed E-state index contributed by atoms with van der Waals surface area (Å²) in [5, 5.41) is 0. The van der Waals surface area contributed by atoms with Gasteiger partial charge in [-0.05, 0) is 30.7 Å². The van der Waals surface area contributed by atoms with Crippen LogP contribution in [0.15, 0.2) is 53.6 Å². The molecule has 0 saturated carbocycles. The van der Waals surface area contributed by atoms with Crippen LogP contribution in [0.1, 0.15) is 5.69 Å². The molecular formula is C14H15NOS. The summed E-state index contributed by atoms with van der Waals surface area (Å²) in [4.78, 5) is 5.49. The largest absolute Gasteiger partial charge is 0.496 e. The van der Waals surface area contributed by atoms with Gasteiger partial charge in [-0.3, -0.25) is 4.98 Å². The number of pyridine rings is 1. The van der Waals surface area contributed by atoms with Crippen molar-refractivity contribution < 1.29 is 4.74 Å². The number of thioether (sulfide) groups is 1. The van der Waals surface area contributed by atoms with E-state index < -0.39 is 0 Å². The lowest BCUT2D eigenvalue weighted by Crippen LogP contribution is -1.92. The van der Waals surface area contributed by atoms with Crippen molar-refractivity contribution in [3.63, 3.8) is 0 Å². The van der Waals surface area contributed by atoms with Crippen molar-refractivity contribution in [1.82, 2.24) is 4.98 Å². The molecule has 0 unspecified atom stereocenters. The van der Waals surface area contributed by atoms with E-state index in [-0.39, 0.29) is 0 Å². The fourth-order valence-electron chi connectivity index (χ4n) is 1.55. The molecule has 17 heavy (non-hydrogen) atoms. The molecule has 0 amide bonds. The molecule has 2 rings (SSSR count). The molecule has 1 heterocycles. The lowest BCUT2D eigenvalue weighted by Gasteiger charge is -2.07. The lowest BCUT2D eigenvalue weighted by atomic mass is 10.3. The van der Waals surface area contributed by atoms with Crippen molar-refractivity contribution >= 4 is 11.8 Å². The van der Waals surface area contributed by atoms with Gasteiger partial charge in [0.2, 0.25) is 0 Å². The van der Waals surface area contributed by atoms with Gasteiger partial charge < -0.3 is 4.74 Å². The summed E-state index contributed by atoms with van der Waals surface area (Å²) in [5.74, 6) is 1.95. The third kappa shape index (κ3) is 3.49. The summed E-state index contributed by atoms with van der Waals surface area (Å²) in [6.07, 6.45) is 2.81. The number of benzene rings is 1. The fraction of sp³-hybridized carbons (Fsp3) is 0.214.